The molecule has 0 aromatic heterocycles. The second kappa shape index (κ2) is 4.22. The summed E-state index contributed by atoms with van der Waals surface area (Å²) in [5.74, 6) is 0. The van der Waals surface area contributed by atoms with Crippen molar-refractivity contribution in [3.63, 3.8) is 0 Å². The van der Waals surface area contributed by atoms with Crippen LogP contribution in [0.25, 0.3) is 0 Å². The van der Waals surface area contributed by atoms with Crippen LogP contribution in [0.4, 0.5) is 18.9 Å². The van der Waals surface area contributed by atoms with Crippen LogP contribution in [-0.4, -0.2) is 6.04 Å². The van der Waals surface area contributed by atoms with E-state index < -0.39 is 11.7 Å². The molecule has 3 N–H and O–H groups in total. The van der Waals surface area contributed by atoms with Crippen LogP contribution < -0.4 is 11.1 Å². The Morgan fingerprint density at radius 3 is 2.71 bits per heavy atom. The lowest BCUT2D eigenvalue weighted by atomic mass is 9.91. The molecular weight excluding hydrogens is 229 g/mol. The van der Waals surface area contributed by atoms with Crippen LogP contribution >= 0.6 is 0 Å². The van der Waals surface area contributed by atoms with E-state index in [4.69, 9.17) is 5.73 Å². The van der Waals surface area contributed by atoms with Crippen LogP contribution in [-0.2, 0) is 6.18 Å². The van der Waals surface area contributed by atoms with Gasteiger partial charge in [-0.2, -0.15) is 13.2 Å². The van der Waals surface area contributed by atoms with Gasteiger partial charge in [0.2, 0.25) is 0 Å². The molecular formula is C12H15F3N2. The Hall–Kier alpha value is -1.23. The van der Waals surface area contributed by atoms with Crippen LogP contribution in [0.15, 0.2) is 18.2 Å². The molecule has 0 bridgehead atoms. The van der Waals surface area contributed by atoms with E-state index in [1.165, 1.54) is 6.07 Å². The van der Waals surface area contributed by atoms with Gasteiger partial charge in [-0.3, -0.25) is 0 Å². The summed E-state index contributed by atoms with van der Waals surface area (Å²) >= 11 is 0. The van der Waals surface area contributed by atoms with Crippen molar-refractivity contribution in [1.82, 2.24) is 0 Å². The number of hydrogen-bond acceptors (Lipinski definition) is 2. The number of hydrogen-bond donors (Lipinski definition) is 2. The van der Waals surface area contributed by atoms with E-state index in [-0.39, 0.29) is 12.1 Å². The first-order valence-corrected chi connectivity index (χ1v) is 5.65. The third kappa shape index (κ3) is 2.39. The topological polar surface area (TPSA) is 38.0 Å². The summed E-state index contributed by atoms with van der Waals surface area (Å²) in [4.78, 5) is 0. The molecule has 0 saturated carbocycles. The average molecular weight is 244 g/mol. The molecule has 0 fully saturated rings. The van der Waals surface area contributed by atoms with Gasteiger partial charge in [0.05, 0.1) is 5.56 Å². The minimum Gasteiger partial charge on any atom is -0.382 e. The summed E-state index contributed by atoms with van der Waals surface area (Å²) in [6.07, 6.45) is -2.73. The lowest BCUT2D eigenvalue weighted by Gasteiger charge is -2.31. The fourth-order valence-electron chi connectivity index (χ4n) is 2.16. The quantitative estimate of drug-likeness (QED) is 0.795. The largest absolute Gasteiger partial charge is 0.416 e. The van der Waals surface area contributed by atoms with Gasteiger partial charge in [0.15, 0.2) is 0 Å². The maximum Gasteiger partial charge on any atom is 0.416 e. The number of fused-ring (bicyclic) bond motifs is 1. The first kappa shape index (κ1) is 12.2. The second-order valence-corrected chi connectivity index (χ2v) is 4.39. The average Bonchev–Trinajstić information content (AvgIpc) is 2.27. The van der Waals surface area contributed by atoms with Crippen molar-refractivity contribution in [2.45, 2.75) is 38.0 Å². The number of nitrogens with one attached hydrogen (secondary N) is 1. The smallest absolute Gasteiger partial charge is 0.382 e. The Kier molecular flexibility index (Phi) is 3.03. The summed E-state index contributed by atoms with van der Waals surface area (Å²) in [5, 5.41) is 3.21. The van der Waals surface area contributed by atoms with E-state index in [1.54, 1.807) is 0 Å². The molecule has 2 nitrogen and oxygen atoms in total. The number of nitrogens with two attached hydrogens (primary N) is 1. The van der Waals surface area contributed by atoms with Crippen molar-refractivity contribution < 1.29 is 13.2 Å². The van der Waals surface area contributed by atoms with Gasteiger partial charge in [-0.1, -0.05) is 6.92 Å². The van der Waals surface area contributed by atoms with Gasteiger partial charge in [0, 0.05) is 17.8 Å². The summed E-state index contributed by atoms with van der Waals surface area (Å²) in [5.41, 5.74) is 6.57. The zero-order valence-corrected chi connectivity index (χ0v) is 9.51. The standard InChI is InChI=1S/C12H15F3N2/c1-2-8-6-10(16)9-5-7(12(13,14)15)3-4-11(9)17-8/h3-5,8,10,17H,2,6,16H2,1H3/t8-,10?/m1/s1. The van der Waals surface area contributed by atoms with Crippen LogP contribution in [0.3, 0.4) is 0 Å². The Morgan fingerprint density at radius 2 is 2.12 bits per heavy atom. The maximum absolute atomic E-state index is 12.6. The lowest BCUT2D eigenvalue weighted by molar-refractivity contribution is -0.137. The molecule has 1 unspecified atom stereocenters. The third-order valence-corrected chi connectivity index (χ3v) is 3.17. The Balaban J connectivity index is 2.37. The highest BCUT2D eigenvalue weighted by Gasteiger charge is 2.32. The molecule has 0 saturated heterocycles. The van der Waals surface area contributed by atoms with Crippen molar-refractivity contribution in [3.05, 3.63) is 29.3 Å². The van der Waals surface area contributed by atoms with Crippen molar-refractivity contribution in [2.75, 3.05) is 5.32 Å². The van der Waals surface area contributed by atoms with Crippen molar-refractivity contribution in [1.29, 1.82) is 0 Å². The first-order valence-electron chi connectivity index (χ1n) is 5.65. The summed E-state index contributed by atoms with van der Waals surface area (Å²) in [6.45, 7) is 2.03. The van der Waals surface area contributed by atoms with Crippen molar-refractivity contribution in [3.8, 4) is 0 Å². The van der Waals surface area contributed by atoms with E-state index in [0.717, 1.165) is 24.2 Å². The molecule has 1 aromatic rings. The molecule has 2 rings (SSSR count). The van der Waals surface area contributed by atoms with Crippen LogP contribution in [0.2, 0.25) is 0 Å². The van der Waals surface area contributed by atoms with Gasteiger partial charge in [0.25, 0.3) is 0 Å². The molecule has 5 heteroatoms. The molecule has 0 radical (unpaired) electrons. The first-order chi connectivity index (χ1) is 7.91. The summed E-state index contributed by atoms with van der Waals surface area (Å²) in [7, 11) is 0. The fourth-order valence-corrected chi connectivity index (χ4v) is 2.16. The maximum atomic E-state index is 12.6. The highest BCUT2D eigenvalue weighted by Crippen LogP contribution is 2.37. The molecule has 0 spiro atoms. The predicted octanol–water partition coefficient (Wildman–Crippen LogP) is 3.30. The van der Waals surface area contributed by atoms with Gasteiger partial charge < -0.3 is 11.1 Å². The molecule has 1 aliphatic heterocycles. The monoisotopic (exact) mass is 244 g/mol. The minimum absolute atomic E-state index is 0.245. The van der Waals surface area contributed by atoms with E-state index in [2.05, 4.69) is 5.32 Å². The lowest BCUT2D eigenvalue weighted by Crippen LogP contribution is -2.31. The molecule has 17 heavy (non-hydrogen) atoms. The Bertz CT molecular complexity index is 415. The molecule has 2 atom stereocenters. The third-order valence-electron chi connectivity index (χ3n) is 3.17. The van der Waals surface area contributed by atoms with Crippen LogP contribution in [0.5, 0.6) is 0 Å². The molecule has 0 amide bonds. The van der Waals surface area contributed by atoms with E-state index in [0.29, 0.717) is 12.0 Å². The zero-order valence-electron chi connectivity index (χ0n) is 9.51. The Labute approximate surface area is 98.0 Å². The normalized spacial score (nSPS) is 24.1. The summed E-state index contributed by atoms with van der Waals surface area (Å²) in [6, 6.07) is 3.64. The highest BCUT2D eigenvalue weighted by atomic mass is 19.4. The molecule has 94 valence electrons. The zero-order chi connectivity index (χ0) is 12.6. The SMILES string of the molecule is CC[C@@H]1CC(N)c2cc(C(F)(F)F)ccc2N1. The molecule has 1 heterocycles. The Morgan fingerprint density at radius 1 is 1.41 bits per heavy atom. The van der Waals surface area contributed by atoms with Crippen molar-refractivity contribution in [2.24, 2.45) is 5.73 Å². The number of rotatable bonds is 1. The predicted molar refractivity (Wildman–Crippen MR) is 60.7 cm³/mol. The minimum atomic E-state index is -4.31. The number of halogens is 3. The fraction of sp³-hybridized carbons (Fsp3) is 0.500. The highest BCUT2D eigenvalue weighted by molar-refractivity contribution is 5.57. The van der Waals surface area contributed by atoms with Gasteiger partial charge >= 0.3 is 6.18 Å². The van der Waals surface area contributed by atoms with Crippen LogP contribution in [0, 0.1) is 0 Å². The van der Waals surface area contributed by atoms with Crippen molar-refractivity contribution >= 4 is 5.69 Å². The van der Waals surface area contributed by atoms with Gasteiger partial charge in [-0.05, 0) is 36.6 Å². The number of benzene rings is 1. The number of anilines is 1. The van der Waals surface area contributed by atoms with E-state index >= 15 is 0 Å². The van der Waals surface area contributed by atoms with Gasteiger partial charge in [0.1, 0.15) is 0 Å². The molecule has 1 aromatic carbocycles. The summed E-state index contributed by atoms with van der Waals surface area (Å²) < 4.78 is 37.7. The second-order valence-electron chi connectivity index (χ2n) is 4.39. The van der Waals surface area contributed by atoms with Gasteiger partial charge in [-0.25, -0.2) is 0 Å². The number of alkyl halides is 3. The van der Waals surface area contributed by atoms with Crippen LogP contribution in [0.1, 0.15) is 36.9 Å². The molecule has 0 aliphatic carbocycles. The van der Waals surface area contributed by atoms with Gasteiger partial charge in [-0.15, -0.1) is 0 Å². The van der Waals surface area contributed by atoms with E-state index in [9.17, 15) is 13.2 Å². The van der Waals surface area contributed by atoms with E-state index in [1.807, 2.05) is 6.92 Å². The molecule has 1 aliphatic rings.